The summed E-state index contributed by atoms with van der Waals surface area (Å²) in [6.07, 6.45) is 0.332. The van der Waals surface area contributed by atoms with E-state index in [-0.39, 0.29) is 25.0 Å². The van der Waals surface area contributed by atoms with E-state index in [2.05, 4.69) is 10.5 Å². The van der Waals surface area contributed by atoms with Crippen LogP contribution in [0.1, 0.15) is 18.9 Å². The summed E-state index contributed by atoms with van der Waals surface area (Å²) in [5.74, 6) is 0.105. The molecule has 3 aromatic carbocycles. The van der Waals surface area contributed by atoms with Crippen molar-refractivity contribution in [3.63, 3.8) is 0 Å². The quantitative estimate of drug-likeness (QED) is 0.538. The molecule has 33 heavy (non-hydrogen) atoms. The van der Waals surface area contributed by atoms with Crippen LogP contribution in [0.15, 0.2) is 78.0 Å². The van der Waals surface area contributed by atoms with Crippen molar-refractivity contribution >= 4 is 28.3 Å². The molecule has 4 rings (SSSR count). The van der Waals surface area contributed by atoms with Crippen LogP contribution in [0.25, 0.3) is 10.8 Å². The van der Waals surface area contributed by atoms with Gasteiger partial charge in [0.15, 0.2) is 6.61 Å². The van der Waals surface area contributed by atoms with Crippen molar-refractivity contribution in [3.05, 3.63) is 78.4 Å². The highest BCUT2D eigenvalue weighted by molar-refractivity contribution is 6.01. The van der Waals surface area contributed by atoms with E-state index in [1.165, 1.54) is 4.90 Å². The van der Waals surface area contributed by atoms with Crippen molar-refractivity contribution in [2.45, 2.75) is 25.9 Å². The Morgan fingerprint density at radius 1 is 1.03 bits per heavy atom. The standard InChI is InChI=1S/C26H27N3O4/c1-2-33-28-21-15-24(29(17-21)25(30)18-32-22-12-4-3-5-13-22)26(31)27-16-20-11-8-10-19-9-6-7-14-23(19)20/h3-14,24H,2,15-18H2,1H3,(H,27,31)/b28-21+/t24-/m0/s1. The van der Waals surface area contributed by atoms with E-state index in [1.54, 1.807) is 12.1 Å². The van der Waals surface area contributed by atoms with Crippen LogP contribution < -0.4 is 10.1 Å². The third kappa shape index (κ3) is 5.49. The topological polar surface area (TPSA) is 80.2 Å². The molecular weight excluding hydrogens is 418 g/mol. The summed E-state index contributed by atoms with van der Waals surface area (Å²) in [6.45, 7) is 2.72. The number of benzene rings is 3. The number of amides is 2. The normalized spacial score (nSPS) is 16.7. The third-order valence-electron chi connectivity index (χ3n) is 5.54. The van der Waals surface area contributed by atoms with Gasteiger partial charge in [-0.05, 0) is 35.4 Å². The van der Waals surface area contributed by atoms with Crippen LogP contribution in [0.2, 0.25) is 0 Å². The Morgan fingerprint density at radius 3 is 2.61 bits per heavy atom. The number of ether oxygens (including phenoxy) is 1. The number of carbonyl (C=O) groups excluding carboxylic acids is 2. The maximum absolute atomic E-state index is 13.1. The summed E-state index contributed by atoms with van der Waals surface area (Å²) >= 11 is 0. The van der Waals surface area contributed by atoms with Crippen LogP contribution in [-0.4, -0.2) is 48.2 Å². The van der Waals surface area contributed by atoms with Gasteiger partial charge in [0, 0.05) is 13.0 Å². The number of para-hydroxylation sites is 1. The first-order valence-electron chi connectivity index (χ1n) is 11.0. The molecule has 0 radical (unpaired) electrons. The molecule has 0 spiro atoms. The highest BCUT2D eigenvalue weighted by atomic mass is 16.6. The average Bonchev–Trinajstić information content (AvgIpc) is 3.29. The number of nitrogens with one attached hydrogen (secondary N) is 1. The fourth-order valence-corrected chi connectivity index (χ4v) is 3.91. The molecule has 2 amide bonds. The molecule has 0 aromatic heterocycles. The van der Waals surface area contributed by atoms with Gasteiger partial charge >= 0.3 is 0 Å². The summed E-state index contributed by atoms with van der Waals surface area (Å²) in [6, 6.07) is 22.5. The first-order valence-corrected chi connectivity index (χ1v) is 11.0. The molecule has 1 fully saturated rings. The Labute approximate surface area is 193 Å². The van der Waals surface area contributed by atoms with Gasteiger partial charge in [-0.3, -0.25) is 9.59 Å². The molecule has 0 saturated carbocycles. The van der Waals surface area contributed by atoms with E-state index in [4.69, 9.17) is 9.57 Å². The van der Waals surface area contributed by atoms with Crippen LogP contribution in [0, 0.1) is 0 Å². The molecule has 1 N–H and O–H groups in total. The Hall–Kier alpha value is -3.87. The minimum absolute atomic E-state index is 0.154. The van der Waals surface area contributed by atoms with Crippen LogP contribution in [0.5, 0.6) is 5.75 Å². The molecular formula is C26H27N3O4. The number of nitrogens with zero attached hydrogens (tertiary/aromatic N) is 2. The minimum Gasteiger partial charge on any atom is -0.484 e. The Kier molecular flexibility index (Phi) is 7.19. The number of fused-ring (bicyclic) bond motifs is 1. The van der Waals surface area contributed by atoms with E-state index in [1.807, 2.05) is 67.6 Å². The lowest BCUT2D eigenvalue weighted by Crippen LogP contribution is -2.47. The molecule has 1 aliphatic heterocycles. The highest BCUT2D eigenvalue weighted by Gasteiger charge is 2.38. The molecule has 3 aromatic rings. The maximum Gasteiger partial charge on any atom is 0.261 e. The number of hydrogen-bond donors (Lipinski definition) is 1. The van der Waals surface area contributed by atoms with E-state index >= 15 is 0 Å². The molecule has 0 aliphatic carbocycles. The smallest absolute Gasteiger partial charge is 0.261 e. The second-order valence-corrected chi connectivity index (χ2v) is 7.77. The summed E-state index contributed by atoms with van der Waals surface area (Å²) in [4.78, 5) is 32.7. The van der Waals surface area contributed by atoms with Gasteiger partial charge in [0.25, 0.3) is 5.91 Å². The van der Waals surface area contributed by atoms with Crippen LogP contribution in [-0.2, 0) is 21.0 Å². The number of oxime groups is 1. The summed E-state index contributed by atoms with van der Waals surface area (Å²) in [7, 11) is 0. The largest absolute Gasteiger partial charge is 0.484 e. The Balaban J connectivity index is 1.45. The SMILES string of the molecule is CCO/N=C1\C[C@@H](C(=O)NCc2cccc3ccccc23)N(C(=O)COc2ccccc2)C1. The van der Waals surface area contributed by atoms with E-state index in [9.17, 15) is 9.59 Å². The first-order chi connectivity index (χ1) is 16.2. The predicted octanol–water partition coefficient (Wildman–Crippen LogP) is 3.53. The van der Waals surface area contributed by atoms with Gasteiger partial charge < -0.3 is 19.8 Å². The molecule has 7 heteroatoms. The summed E-state index contributed by atoms with van der Waals surface area (Å²) in [5.41, 5.74) is 1.68. The van der Waals surface area contributed by atoms with Crippen molar-refractivity contribution in [2.24, 2.45) is 5.16 Å². The van der Waals surface area contributed by atoms with Crippen molar-refractivity contribution in [1.82, 2.24) is 10.2 Å². The monoisotopic (exact) mass is 445 g/mol. The molecule has 0 unspecified atom stereocenters. The fourth-order valence-electron chi connectivity index (χ4n) is 3.91. The Morgan fingerprint density at radius 2 is 1.79 bits per heavy atom. The van der Waals surface area contributed by atoms with Gasteiger partial charge in [0.2, 0.25) is 5.91 Å². The zero-order chi connectivity index (χ0) is 23.0. The van der Waals surface area contributed by atoms with Gasteiger partial charge in [-0.1, -0.05) is 65.8 Å². The number of likely N-dealkylation sites (tertiary alicyclic amines) is 1. The highest BCUT2D eigenvalue weighted by Crippen LogP contribution is 2.20. The fraction of sp³-hybridized carbons (Fsp3) is 0.269. The maximum atomic E-state index is 13.1. The van der Waals surface area contributed by atoms with Gasteiger partial charge in [0.1, 0.15) is 18.4 Å². The van der Waals surface area contributed by atoms with Gasteiger partial charge in [0.05, 0.1) is 12.3 Å². The molecule has 1 aliphatic rings. The lowest BCUT2D eigenvalue weighted by molar-refractivity contribution is -0.139. The number of rotatable bonds is 8. The van der Waals surface area contributed by atoms with Gasteiger partial charge in [-0.25, -0.2) is 0 Å². The zero-order valence-electron chi connectivity index (χ0n) is 18.6. The Bertz CT molecular complexity index is 1140. The van der Waals surface area contributed by atoms with Crippen LogP contribution in [0.3, 0.4) is 0 Å². The first kappa shape index (κ1) is 22.3. The van der Waals surface area contributed by atoms with Crippen molar-refractivity contribution in [3.8, 4) is 5.75 Å². The van der Waals surface area contributed by atoms with Crippen molar-refractivity contribution in [1.29, 1.82) is 0 Å². The van der Waals surface area contributed by atoms with Crippen LogP contribution in [0.4, 0.5) is 0 Å². The summed E-state index contributed by atoms with van der Waals surface area (Å²) in [5, 5.41) is 9.29. The van der Waals surface area contributed by atoms with Gasteiger partial charge in [-0.15, -0.1) is 0 Å². The molecule has 7 nitrogen and oxygen atoms in total. The lowest BCUT2D eigenvalue weighted by atomic mass is 10.0. The summed E-state index contributed by atoms with van der Waals surface area (Å²) < 4.78 is 5.61. The van der Waals surface area contributed by atoms with Crippen molar-refractivity contribution in [2.75, 3.05) is 19.8 Å². The minimum atomic E-state index is -0.661. The molecule has 1 saturated heterocycles. The second kappa shape index (κ2) is 10.6. The predicted molar refractivity (Wildman–Crippen MR) is 127 cm³/mol. The molecule has 1 heterocycles. The number of carbonyl (C=O) groups is 2. The molecule has 1 atom stereocenters. The number of hydrogen-bond acceptors (Lipinski definition) is 5. The van der Waals surface area contributed by atoms with E-state index in [0.717, 1.165) is 16.3 Å². The van der Waals surface area contributed by atoms with E-state index in [0.29, 0.717) is 31.0 Å². The van der Waals surface area contributed by atoms with E-state index < -0.39 is 6.04 Å². The third-order valence-corrected chi connectivity index (χ3v) is 5.54. The lowest BCUT2D eigenvalue weighted by Gasteiger charge is -2.23. The molecule has 0 bridgehead atoms. The van der Waals surface area contributed by atoms with Crippen LogP contribution >= 0.6 is 0 Å². The second-order valence-electron chi connectivity index (χ2n) is 7.77. The van der Waals surface area contributed by atoms with Gasteiger partial charge in [-0.2, -0.15) is 0 Å². The average molecular weight is 446 g/mol. The van der Waals surface area contributed by atoms with Crippen molar-refractivity contribution < 1.29 is 19.2 Å². The zero-order valence-corrected chi connectivity index (χ0v) is 18.6. The molecule has 170 valence electrons.